The largest absolute Gasteiger partial charge is 0.394 e. The maximum Gasteiger partial charge on any atom is 0.245 e. The highest BCUT2D eigenvalue weighted by Crippen LogP contribution is 2.22. The average molecular weight is 1080 g/mol. The first kappa shape index (κ1) is 62.3. The van der Waals surface area contributed by atoms with E-state index in [9.17, 15) is 68.1 Å². The minimum absolute atomic E-state index is 0.0391. The number of likely N-dealkylation sites (tertiary alicyclic amines) is 2. The Bertz CT molecular complexity index is 2450. The number of amides is 11. The number of aromatic nitrogens is 1. The van der Waals surface area contributed by atoms with Gasteiger partial charge in [0.1, 0.15) is 54.4 Å². The first-order chi connectivity index (χ1) is 36.5. The lowest BCUT2D eigenvalue weighted by molar-refractivity contribution is -0.143. The maximum absolute atomic E-state index is 13.8. The number of carbonyl (C=O) groups excluding carboxylic acids is 11. The molecule has 0 unspecified atom stereocenters. The van der Waals surface area contributed by atoms with Crippen molar-refractivity contribution >= 4 is 75.9 Å². The van der Waals surface area contributed by atoms with Crippen LogP contribution in [0, 0.1) is 11.8 Å². The molecule has 0 spiro atoms. The molecule has 11 atom stereocenters. The highest BCUT2D eigenvalue weighted by Gasteiger charge is 2.40. The molecule has 27 nitrogen and oxygen atoms in total. The standard InChI is InChI=1S/C50H77N13O14/c1-7-26(4)40(61-44(71)33(18-25(2)3)57-43(70)31(51)19-29-20-53-32-13-9-8-12-30(29)32)49(76)55-27(5)42(69)54-21-39(67)62-16-10-14-37(62)47(74)59-35(23-65)45(72)56-28(6)50(77)63-17-11-15-38(63)48(75)60-36(24-66)46(73)58-34(22-64)41(52)68/h8-9,12-13,20,25-28,31,33-38,40,53,64-66H,7,10-11,14-19,21-24,51H2,1-6H3,(H2,52,68)(H,54,69)(H,55,76)(H,56,72)(H,57,70)(H,58,73)(H,59,74)(H,60,75)(H,61,71)/t26-,27-,28-,31-,33-,34-,35-,36-,37-,38-,40-/m0/s1. The van der Waals surface area contributed by atoms with Crippen LogP contribution in [0.4, 0.5) is 0 Å². The third kappa shape index (κ3) is 17.1. The van der Waals surface area contributed by atoms with Gasteiger partial charge in [-0.1, -0.05) is 52.3 Å². The van der Waals surface area contributed by atoms with Crippen molar-refractivity contribution in [1.29, 1.82) is 0 Å². The highest BCUT2D eigenvalue weighted by molar-refractivity contribution is 5.99. The molecule has 0 saturated carbocycles. The normalized spacial score (nSPS) is 18.8. The first-order valence-corrected chi connectivity index (χ1v) is 25.9. The van der Waals surface area contributed by atoms with Crippen LogP contribution in [-0.4, -0.2) is 195 Å². The van der Waals surface area contributed by atoms with Crippen molar-refractivity contribution in [3.63, 3.8) is 0 Å². The molecule has 4 rings (SSSR count). The van der Waals surface area contributed by atoms with Crippen LogP contribution < -0.4 is 54.0 Å². The third-order valence-electron chi connectivity index (χ3n) is 13.7. The number of nitrogens with two attached hydrogens (primary N) is 2. The summed E-state index contributed by atoms with van der Waals surface area (Å²) in [6.07, 6.45) is 3.72. The van der Waals surface area contributed by atoms with Gasteiger partial charge in [-0.05, 0) is 75.8 Å². The number of primary amides is 1. The quantitative estimate of drug-likeness (QED) is 0.0380. The van der Waals surface area contributed by atoms with Gasteiger partial charge in [0.05, 0.1) is 32.4 Å². The smallest absolute Gasteiger partial charge is 0.245 e. The van der Waals surface area contributed by atoms with Crippen LogP contribution in [0.2, 0.25) is 0 Å². The number of nitrogens with one attached hydrogen (secondary N) is 9. The monoisotopic (exact) mass is 1080 g/mol. The summed E-state index contributed by atoms with van der Waals surface area (Å²) in [7, 11) is 0. The second-order valence-electron chi connectivity index (χ2n) is 20.0. The molecule has 1 aromatic carbocycles. The molecular weight excluding hydrogens is 1010 g/mol. The number of carbonyl (C=O) groups is 11. The van der Waals surface area contributed by atoms with E-state index in [0.717, 1.165) is 21.4 Å². The number of aliphatic hydroxyl groups excluding tert-OH is 3. The van der Waals surface area contributed by atoms with Crippen molar-refractivity contribution in [3.8, 4) is 0 Å². The summed E-state index contributed by atoms with van der Waals surface area (Å²) >= 11 is 0. The molecule has 426 valence electrons. The first-order valence-electron chi connectivity index (χ1n) is 25.9. The van der Waals surface area contributed by atoms with Crippen molar-refractivity contribution in [3.05, 3.63) is 36.0 Å². The fourth-order valence-corrected chi connectivity index (χ4v) is 9.02. The molecule has 2 aliphatic rings. The minimum atomic E-state index is -1.59. The van der Waals surface area contributed by atoms with Gasteiger partial charge >= 0.3 is 0 Å². The zero-order valence-electron chi connectivity index (χ0n) is 44.4. The third-order valence-corrected chi connectivity index (χ3v) is 13.7. The molecule has 1 aromatic heterocycles. The summed E-state index contributed by atoms with van der Waals surface area (Å²) in [6, 6.07) is -4.97. The molecular formula is C50H77N13O14. The van der Waals surface area contributed by atoms with E-state index in [1.54, 1.807) is 13.1 Å². The number of fused-ring (bicyclic) bond motifs is 1. The van der Waals surface area contributed by atoms with Crippen molar-refractivity contribution in [2.45, 2.75) is 147 Å². The lowest BCUT2D eigenvalue weighted by Crippen LogP contribution is -2.60. The fourth-order valence-electron chi connectivity index (χ4n) is 9.02. The summed E-state index contributed by atoms with van der Waals surface area (Å²) in [5.41, 5.74) is 13.2. The molecule has 27 heteroatoms. The van der Waals surface area contributed by atoms with Crippen molar-refractivity contribution in [2.75, 3.05) is 39.5 Å². The Morgan fingerprint density at radius 2 is 1.18 bits per heavy atom. The van der Waals surface area contributed by atoms with Gasteiger partial charge in [0.15, 0.2) is 0 Å². The molecule has 2 aromatic rings. The number of hydrogen-bond donors (Lipinski definition) is 14. The molecule has 2 aliphatic heterocycles. The van der Waals surface area contributed by atoms with Crippen LogP contribution >= 0.6 is 0 Å². The van der Waals surface area contributed by atoms with Crippen LogP contribution in [0.1, 0.15) is 85.6 Å². The maximum atomic E-state index is 13.8. The number of para-hydroxylation sites is 1. The van der Waals surface area contributed by atoms with Crippen LogP contribution in [0.15, 0.2) is 30.5 Å². The van der Waals surface area contributed by atoms with Gasteiger partial charge < -0.3 is 84.1 Å². The molecule has 77 heavy (non-hydrogen) atoms. The van der Waals surface area contributed by atoms with Crippen LogP contribution in [0.25, 0.3) is 10.9 Å². The number of hydrogen-bond acceptors (Lipinski definition) is 15. The van der Waals surface area contributed by atoms with Crippen LogP contribution in [-0.2, 0) is 59.2 Å². The van der Waals surface area contributed by atoms with E-state index in [1.165, 1.54) is 18.7 Å². The van der Waals surface area contributed by atoms with Crippen molar-refractivity contribution in [1.82, 2.24) is 57.3 Å². The Morgan fingerprint density at radius 1 is 0.649 bits per heavy atom. The Morgan fingerprint density at radius 3 is 1.75 bits per heavy atom. The number of rotatable bonds is 28. The lowest BCUT2D eigenvalue weighted by Gasteiger charge is -2.29. The van der Waals surface area contributed by atoms with Gasteiger partial charge in [-0.25, -0.2) is 0 Å². The molecule has 0 radical (unpaired) electrons. The molecule has 0 bridgehead atoms. The summed E-state index contributed by atoms with van der Waals surface area (Å²) in [4.78, 5) is 151. The van der Waals surface area contributed by atoms with Crippen molar-refractivity contribution < 1.29 is 68.1 Å². The van der Waals surface area contributed by atoms with Crippen LogP contribution in [0.5, 0.6) is 0 Å². The van der Waals surface area contributed by atoms with Gasteiger partial charge in [-0.2, -0.15) is 0 Å². The number of benzene rings is 1. The molecule has 3 heterocycles. The zero-order chi connectivity index (χ0) is 57.3. The van der Waals surface area contributed by atoms with Gasteiger partial charge in [0.25, 0.3) is 0 Å². The van der Waals surface area contributed by atoms with Gasteiger partial charge in [0.2, 0.25) is 65.0 Å². The van der Waals surface area contributed by atoms with E-state index in [2.05, 4.69) is 47.5 Å². The number of nitrogens with zero attached hydrogens (tertiary/aromatic N) is 2. The Labute approximate surface area is 445 Å². The molecule has 0 aliphatic carbocycles. The van der Waals surface area contributed by atoms with E-state index in [0.29, 0.717) is 19.3 Å². The summed E-state index contributed by atoms with van der Waals surface area (Å²) in [5.74, 6) is -9.15. The fraction of sp³-hybridized carbons (Fsp3) is 0.620. The number of aromatic amines is 1. The van der Waals surface area contributed by atoms with E-state index < -0.39 is 158 Å². The predicted molar refractivity (Wildman–Crippen MR) is 277 cm³/mol. The Hall–Kier alpha value is -7.23. The van der Waals surface area contributed by atoms with E-state index in [4.69, 9.17) is 11.5 Å². The number of H-pyrrole nitrogens is 1. The Kier molecular flexibility index (Phi) is 23.7. The van der Waals surface area contributed by atoms with Gasteiger partial charge in [-0.15, -0.1) is 0 Å². The summed E-state index contributed by atoms with van der Waals surface area (Å²) in [5, 5.41) is 49.9. The molecule has 11 amide bonds. The van der Waals surface area contributed by atoms with Crippen LogP contribution in [0.3, 0.4) is 0 Å². The summed E-state index contributed by atoms with van der Waals surface area (Å²) in [6.45, 7) is 6.95. The topological polar surface area (TPSA) is 419 Å². The second kappa shape index (κ2) is 29.3. The minimum Gasteiger partial charge on any atom is -0.394 e. The molecule has 2 saturated heterocycles. The zero-order valence-corrected chi connectivity index (χ0v) is 44.4. The van der Waals surface area contributed by atoms with E-state index in [1.807, 2.05) is 45.0 Å². The molecule has 16 N–H and O–H groups in total. The second-order valence-corrected chi connectivity index (χ2v) is 20.0. The predicted octanol–water partition coefficient (Wildman–Crippen LogP) is -4.88. The molecule has 2 fully saturated rings. The lowest BCUT2D eigenvalue weighted by atomic mass is 9.96. The van der Waals surface area contributed by atoms with Gasteiger partial charge in [-0.3, -0.25) is 52.7 Å². The highest BCUT2D eigenvalue weighted by atomic mass is 16.3. The van der Waals surface area contributed by atoms with Crippen molar-refractivity contribution in [2.24, 2.45) is 23.3 Å². The van der Waals surface area contributed by atoms with E-state index in [-0.39, 0.29) is 44.7 Å². The number of aliphatic hydroxyl groups is 3. The van der Waals surface area contributed by atoms with E-state index >= 15 is 0 Å². The Balaban J connectivity index is 1.28. The summed E-state index contributed by atoms with van der Waals surface area (Å²) < 4.78 is 0. The SMILES string of the molecule is CC[C@H](C)[C@H](NC(=O)[C@H](CC(C)C)NC(=O)[C@@H](N)Cc1c[nH]c2ccccc12)C(=O)N[C@@H](C)C(=O)NCC(=O)N1CCC[C@H]1C(=O)N[C@@H](CO)C(=O)N[C@@H](C)C(=O)N1CCC[C@H]1C(=O)N[C@@H](CO)C(=O)N[C@@H](CO)C(N)=O. The average Bonchev–Trinajstić information content (AvgIpc) is 4.19. The van der Waals surface area contributed by atoms with Gasteiger partial charge in [0, 0.05) is 30.2 Å².